The van der Waals surface area contributed by atoms with Crippen LogP contribution in [0.25, 0.3) is 0 Å². The van der Waals surface area contributed by atoms with Gasteiger partial charge in [0.25, 0.3) is 5.91 Å². The maximum atomic E-state index is 14.0. The van der Waals surface area contributed by atoms with Crippen LogP contribution in [0, 0.1) is 17.8 Å². The highest BCUT2D eigenvalue weighted by atomic mass is 19.1. The first-order valence-electron chi connectivity index (χ1n) is 11.5. The maximum absolute atomic E-state index is 14.0. The van der Waals surface area contributed by atoms with E-state index in [1.54, 1.807) is 12.3 Å². The first kappa shape index (κ1) is 20.2. The van der Waals surface area contributed by atoms with Crippen LogP contribution >= 0.6 is 0 Å². The molecule has 8 heterocycles. The van der Waals surface area contributed by atoms with Gasteiger partial charge in [-0.15, -0.1) is 0 Å². The van der Waals surface area contributed by atoms with Gasteiger partial charge in [-0.1, -0.05) is 19.3 Å². The van der Waals surface area contributed by atoms with Crippen molar-refractivity contribution in [3.05, 3.63) is 35.9 Å². The Balaban J connectivity index is 1.46. The molecule has 2 fully saturated rings. The first-order valence-corrected chi connectivity index (χ1v) is 11.5. The predicted octanol–water partition coefficient (Wildman–Crippen LogP) is 3.88. The molecule has 1 amide bonds. The number of hydrogen-bond acceptors (Lipinski definition) is 6. The Hall–Kier alpha value is -2.77. The van der Waals surface area contributed by atoms with E-state index in [1.165, 1.54) is 44.2 Å². The molecule has 0 spiro atoms. The fraction of sp³-hybridized carbons (Fsp3) is 0.565. The van der Waals surface area contributed by atoms with Gasteiger partial charge >= 0.3 is 0 Å². The molecule has 6 bridgehead atoms. The summed E-state index contributed by atoms with van der Waals surface area (Å²) in [7, 11) is 0. The Bertz CT molecular complexity index is 937. The second kappa shape index (κ2) is 8.77. The van der Waals surface area contributed by atoms with Crippen molar-refractivity contribution in [3.8, 4) is 0 Å². The number of carbonyl (C=O) groups is 1. The zero-order chi connectivity index (χ0) is 21.2. The van der Waals surface area contributed by atoms with Crippen LogP contribution < -0.4 is 15.1 Å². The van der Waals surface area contributed by atoms with Crippen LogP contribution in [-0.4, -0.2) is 47.0 Å². The number of halogens is 1. The SMILES string of the molecule is O=C1Nc2ccnc(n2)N2CCC(CCCC3CCN(CC3)c3nc(F)ccc31)CC2. The number of anilines is 3. The van der Waals surface area contributed by atoms with Crippen molar-refractivity contribution < 1.29 is 9.18 Å². The predicted molar refractivity (Wildman–Crippen MR) is 118 cm³/mol. The van der Waals surface area contributed by atoms with E-state index in [4.69, 9.17) is 0 Å². The van der Waals surface area contributed by atoms with Crippen molar-refractivity contribution in [2.75, 3.05) is 41.3 Å². The van der Waals surface area contributed by atoms with E-state index in [1.807, 2.05) is 0 Å². The van der Waals surface area contributed by atoms with Crippen LogP contribution in [0.1, 0.15) is 55.3 Å². The minimum absolute atomic E-state index is 0.325. The topological polar surface area (TPSA) is 74.2 Å². The van der Waals surface area contributed by atoms with Crippen LogP contribution in [0.15, 0.2) is 24.4 Å². The van der Waals surface area contributed by atoms with E-state index in [0.717, 1.165) is 44.9 Å². The maximum Gasteiger partial charge on any atom is 0.260 e. The summed E-state index contributed by atoms with van der Waals surface area (Å²) < 4.78 is 14.0. The quantitative estimate of drug-likeness (QED) is 0.647. The van der Waals surface area contributed by atoms with Gasteiger partial charge in [-0.2, -0.15) is 9.37 Å². The zero-order valence-electron chi connectivity index (χ0n) is 17.8. The Labute approximate surface area is 182 Å². The molecule has 0 saturated carbocycles. The van der Waals surface area contributed by atoms with Crippen molar-refractivity contribution in [1.29, 1.82) is 0 Å². The molecular formula is C23H29FN6O. The highest BCUT2D eigenvalue weighted by Gasteiger charge is 2.26. The minimum atomic E-state index is -0.566. The fourth-order valence-corrected chi connectivity index (χ4v) is 5.15. The minimum Gasteiger partial charge on any atom is -0.356 e. The number of nitrogens with zero attached hydrogens (tertiary/aromatic N) is 5. The van der Waals surface area contributed by atoms with Crippen LogP contribution in [-0.2, 0) is 0 Å². The second-order valence-corrected chi connectivity index (χ2v) is 8.99. The number of hydrogen-bond donors (Lipinski definition) is 1. The van der Waals surface area contributed by atoms with E-state index >= 15 is 0 Å². The summed E-state index contributed by atoms with van der Waals surface area (Å²) in [5, 5.41) is 2.87. The molecule has 0 aromatic carbocycles. The Morgan fingerprint density at radius 1 is 0.871 bits per heavy atom. The number of nitrogens with one attached hydrogen (secondary N) is 1. The van der Waals surface area contributed by atoms with Crippen LogP contribution in [0.3, 0.4) is 0 Å². The third-order valence-electron chi connectivity index (χ3n) is 7.01. The molecule has 0 radical (unpaired) electrons. The van der Waals surface area contributed by atoms with Gasteiger partial charge in [0.15, 0.2) is 0 Å². The summed E-state index contributed by atoms with van der Waals surface area (Å²) in [5.74, 6) is 2.11. The zero-order valence-corrected chi connectivity index (χ0v) is 17.8. The lowest BCUT2D eigenvalue weighted by atomic mass is 9.87. The number of pyridine rings is 1. The summed E-state index contributed by atoms with van der Waals surface area (Å²) in [4.78, 5) is 30.4. The van der Waals surface area contributed by atoms with Gasteiger partial charge in [0.2, 0.25) is 11.9 Å². The van der Waals surface area contributed by atoms with Gasteiger partial charge in [0, 0.05) is 32.4 Å². The smallest absolute Gasteiger partial charge is 0.260 e. The molecule has 7 nitrogen and oxygen atoms in total. The van der Waals surface area contributed by atoms with Crippen molar-refractivity contribution in [2.45, 2.75) is 44.9 Å². The third kappa shape index (κ3) is 4.48. The average molecular weight is 425 g/mol. The lowest BCUT2D eigenvalue weighted by Gasteiger charge is -2.35. The van der Waals surface area contributed by atoms with Gasteiger partial charge in [-0.05, 0) is 55.7 Å². The second-order valence-electron chi connectivity index (χ2n) is 8.99. The lowest BCUT2D eigenvalue weighted by molar-refractivity contribution is 0.102. The molecular weight excluding hydrogens is 395 g/mol. The van der Waals surface area contributed by atoms with Crippen LogP contribution in [0.4, 0.5) is 22.0 Å². The van der Waals surface area contributed by atoms with Gasteiger partial charge < -0.3 is 15.1 Å². The van der Waals surface area contributed by atoms with E-state index in [9.17, 15) is 9.18 Å². The standard InChI is InChI=1S/C23H29FN6O/c24-19-5-4-18-21(26-19)29-12-7-16(8-13-29)2-1-3-17-9-14-30(15-10-17)23-25-11-6-20(28-23)27-22(18)31/h4-6,11,16-17H,1-3,7-10,12-15H2,(H,25,27,28,31). The van der Waals surface area contributed by atoms with Gasteiger partial charge in [-0.3, -0.25) is 4.79 Å². The molecule has 31 heavy (non-hydrogen) atoms. The highest BCUT2D eigenvalue weighted by molar-refractivity contribution is 6.07. The fourth-order valence-electron chi connectivity index (χ4n) is 5.15. The Kier molecular flexibility index (Phi) is 5.70. The summed E-state index contributed by atoms with van der Waals surface area (Å²) >= 11 is 0. The highest BCUT2D eigenvalue weighted by Crippen LogP contribution is 2.31. The van der Waals surface area contributed by atoms with Gasteiger partial charge in [0.05, 0.1) is 5.56 Å². The molecule has 6 aliphatic rings. The number of amides is 1. The van der Waals surface area contributed by atoms with E-state index < -0.39 is 5.95 Å². The van der Waals surface area contributed by atoms with E-state index in [0.29, 0.717) is 29.1 Å². The number of aromatic nitrogens is 3. The Morgan fingerprint density at radius 3 is 2.26 bits per heavy atom. The molecule has 8 heteroatoms. The lowest BCUT2D eigenvalue weighted by Crippen LogP contribution is -2.36. The molecule has 2 aromatic heterocycles. The van der Waals surface area contributed by atoms with Crippen molar-refractivity contribution >= 4 is 23.5 Å². The molecule has 0 aliphatic carbocycles. The van der Waals surface area contributed by atoms with Crippen molar-refractivity contribution in [1.82, 2.24) is 15.0 Å². The summed E-state index contributed by atoms with van der Waals surface area (Å²) in [6, 6.07) is 4.45. The van der Waals surface area contributed by atoms with Crippen molar-refractivity contribution in [2.24, 2.45) is 11.8 Å². The normalized spacial score (nSPS) is 24.4. The van der Waals surface area contributed by atoms with E-state index in [-0.39, 0.29) is 5.91 Å². The largest absolute Gasteiger partial charge is 0.356 e. The van der Waals surface area contributed by atoms with Gasteiger partial charge in [-0.25, -0.2) is 9.97 Å². The molecule has 164 valence electrons. The number of piperidine rings is 2. The number of rotatable bonds is 0. The molecule has 2 aromatic rings. The number of carbonyl (C=O) groups excluding carboxylic acids is 1. The summed E-state index contributed by atoms with van der Waals surface area (Å²) in [5.41, 5.74) is 0.377. The van der Waals surface area contributed by atoms with E-state index in [2.05, 4.69) is 30.1 Å². The molecule has 6 aliphatic heterocycles. The van der Waals surface area contributed by atoms with Crippen LogP contribution in [0.5, 0.6) is 0 Å². The molecule has 1 N–H and O–H groups in total. The first-order chi connectivity index (χ1) is 15.2. The molecule has 8 rings (SSSR count). The molecule has 0 unspecified atom stereocenters. The van der Waals surface area contributed by atoms with Gasteiger partial charge in [0.1, 0.15) is 11.6 Å². The van der Waals surface area contributed by atoms with Crippen molar-refractivity contribution in [3.63, 3.8) is 0 Å². The Morgan fingerprint density at radius 2 is 1.55 bits per heavy atom. The monoisotopic (exact) mass is 424 g/mol. The molecule has 0 atom stereocenters. The van der Waals surface area contributed by atoms with Crippen LogP contribution in [0.2, 0.25) is 0 Å². The summed E-state index contributed by atoms with van der Waals surface area (Å²) in [6.45, 7) is 3.51. The summed E-state index contributed by atoms with van der Waals surface area (Å²) in [6.07, 6.45) is 9.96. The third-order valence-corrected chi connectivity index (χ3v) is 7.01. The average Bonchev–Trinajstić information content (AvgIpc) is 2.79. The molecule has 2 saturated heterocycles.